The molecule has 3 aromatic carbocycles. The van der Waals surface area contributed by atoms with Gasteiger partial charge in [0.05, 0.1) is 25.5 Å². The Balaban J connectivity index is 2.39. The van der Waals surface area contributed by atoms with Gasteiger partial charge in [-0.15, -0.1) is 0 Å². The molecule has 0 aliphatic heterocycles. The molecule has 4 rings (SSSR count). The Hall–Kier alpha value is -2.11. The molecule has 3 nitrogen and oxygen atoms in total. The molecule has 0 spiro atoms. The monoisotopic (exact) mass is 406 g/mol. The summed E-state index contributed by atoms with van der Waals surface area (Å²) in [5.74, 6) is 0. The number of aryl methyl sites for hydroxylation is 1. The van der Waals surface area contributed by atoms with Crippen LogP contribution >= 0.6 is 15.9 Å². The maximum Gasteiger partial charge on any atom is 0.268 e. The van der Waals surface area contributed by atoms with Gasteiger partial charge in [0.2, 0.25) is 0 Å². The van der Waals surface area contributed by atoms with Crippen molar-refractivity contribution in [2.75, 3.05) is 0 Å². The number of para-hydroxylation sites is 1. The molecule has 0 fully saturated rings. The molecule has 1 aromatic heterocycles. The SMILES string of the molecule is [2H]c1c([2H])c([2H])c2c(c1[2H])c1c([2H])c([2H])c(Br)c([2H])c1n2S(=O)(=O)c1ccc(C)cc1. The maximum atomic E-state index is 13.7. The van der Waals surface area contributed by atoms with Crippen LogP contribution in [0.25, 0.3) is 21.8 Å². The minimum atomic E-state index is -4.42. The third-order valence-corrected chi connectivity index (χ3v) is 5.76. The molecule has 0 saturated carbocycles. The van der Waals surface area contributed by atoms with Gasteiger partial charge in [0.15, 0.2) is 0 Å². The van der Waals surface area contributed by atoms with E-state index in [1.54, 1.807) is 19.1 Å². The van der Waals surface area contributed by atoms with Gasteiger partial charge >= 0.3 is 0 Å². The molecule has 24 heavy (non-hydrogen) atoms. The van der Waals surface area contributed by atoms with Crippen molar-refractivity contribution in [3.63, 3.8) is 0 Å². The van der Waals surface area contributed by atoms with Crippen LogP contribution < -0.4 is 0 Å². The second-order valence-electron chi connectivity index (χ2n) is 5.22. The van der Waals surface area contributed by atoms with Crippen molar-refractivity contribution in [2.45, 2.75) is 11.8 Å². The fourth-order valence-corrected chi connectivity index (χ4v) is 4.25. The highest BCUT2D eigenvalue weighted by Crippen LogP contribution is 2.33. The summed E-state index contributed by atoms with van der Waals surface area (Å²) in [6.45, 7) is 1.79. The van der Waals surface area contributed by atoms with Crippen molar-refractivity contribution in [3.05, 3.63) is 76.6 Å². The van der Waals surface area contributed by atoms with Crippen molar-refractivity contribution in [2.24, 2.45) is 0 Å². The largest absolute Gasteiger partial charge is 0.268 e. The van der Waals surface area contributed by atoms with Crippen molar-refractivity contribution < 1.29 is 18.0 Å². The second-order valence-corrected chi connectivity index (χ2v) is 7.80. The van der Waals surface area contributed by atoms with Crippen LogP contribution in [0.15, 0.2) is 75.9 Å². The van der Waals surface area contributed by atoms with Gasteiger partial charge in [0.25, 0.3) is 10.0 Å². The number of aromatic nitrogens is 1. The lowest BCUT2D eigenvalue weighted by Gasteiger charge is -2.09. The molecule has 0 aliphatic carbocycles. The summed E-state index contributed by atoms with van der Waals surface area (Å²) in [7, 11) is -4.42. The number of fused-ring (bicyclic) bond motifs is 3. The number of halogens is 1. The highest BCUT2D eigenvalue weighted by atomic mass is 79.9. The van der Waals surface area contributed by atoms with Crippen LogP contribution in [0.1, 0.15) is 15.2 Å². The highest BCUT2D eigenvalue weighted by molar-refractivity contribution is 9.10. The lowest BCUT2D eigenvalue weighted by molar-refractivity contribution is 0.590. The van der Waals surface area contributed by atoms with E-state index in [0.29, 0.717) is 3.97 Å². The topological polar surface area (TPSA) is 39.1 Å². The zero-order valence-corrected chi connectivity index (χ0v) is 14.8. The maximum absolute atomic E-state index is 13.7. The van der Waals surface area contributed by atoms with E-state index in [4.69, 9.17) is 9.60 Å². The first-order valence-electron chi connectivity index (χ1n) is 10.4. The third-order valence-electron chi connectivity index (χ3n) is 3.65. The molecule has 5 heteroatoms. The third kappa shape index (κ3) is 2.27. The van der Waals surface area contributed by atoms with Crippen molar-refractivity contribution in [3.8, 4) is 0 Å². The Bertz CT molecular complexity index is 1450. The standard InChI is InChI=1S/C19H14BrNO2S/c1-13-6-9-15(10-7-13)24(22,23)21-18-5-3-2-4-16(18)17-11-8-14(20)12-19(17)21/h2-12H,1H3/i2D,3D,4D,5D,8D,11D,12D. The summed E-state index contributed by atoms with van der Waals surface area (Å²) in [6, 6.07) is 2.32. The Morgan fingerprint density at radius 2 is 1.62 bits per heavy atom. The zero-order chi connectivity index (χ0) is 23.0. The van der Waals surface area contributed by atoms with E-state index >= 15 is 0 Å². The van der Waals surface area contributed by atoms with Crippen LogP contribution in [0.3, 0.4) is 0 Å². The lowest BCUT2D eigenvalue weighted by Crippen LogP contribution is -2.12. The lowest BCUT2D eigenvalue weighted by atomic mass is 10.2. The number of rotatable bonds is 2. The average Bonchev–Trinajstić information content (AvgIpc) is 3.11. The molecule has 0 N–H and O–H groups in total. The van der Waals surface area contributed by atoms with Crippen LogP contribution in [0.5, 0.6) is 0 Å². The summed E-state index contributed by atoms with van der Waals surface area (Å²) in [5.41, 5.74) is 0.177. The molecule has 1 heterocycles. The predicted molar refractivity (Wildman–Crippen MR) is 101 cm³/mol. The zero-order valence-electron chi connectivity index (χ0n) is 19.4. The fraction of sp³-hybridized carbons (Fsp3) is 0.0526. The fourth-order valence-electron chi connectivity index (χ4n) is 2.51. The summed E-state index contributed by atoms with van der Waals surface area (Å²) in [4.78, 5) is -0.138. The van der Waals surface area contributed by atoms with Gasteiger partial charge in [-0.2, -0.15) is 0 Å². The van der Waals surface area contributed by atoms with E-state index in [-0.39, 0.29) is 37.2 Å². The van der Waals surface area contributed by atoms with E-state index in [9.17, 15) is 8.42 Å². The molecule has 0 unspecified atom stereocenters. The van der Waals surface area contributed by atoms with Crippen LogP contribution in [0.4, 0.5) is 0 Å². The number of benzene rings is 3. The van der Waals surface area contributed by atoms with Crippen LogP contribution in [-0.4, -0.2) is 12.4 Å². The molecule has 120 valence electrons. The van der Waals surface area contributed by atoms with Gasteiger partial charge in [-0.1, -0.05) is 57.8 Å². The second kappa shape index (κ2) is 5.46. The predicted octanol–water partition coefficient (Wildman–Crippen LogP) is 5.10. The van der Waals surface area contributed by atoms with Gasteiger partial charge in [0, 0.05) is 15.2 Å². The number of nitrogens with zero attached hydrogens (tertiary/aromatic N) is 1. The van der Waals surface area contributed by atoms with Crippen molar-refractivity contribution >= 4 is 47.8 Å². The molecule has 0 radical (unpaired) electrons. The van der Waals surface area contributed by atoms with Crippen LogP contribution in [0.2, 0.25) is 0 Å². The van der Waals surface area contributed by atoms with Gasteiger partial charge in [-0.25, -0.2) is 12.4 Å². The van der Waals surface area contributed by atoms with Gasteiger partial charge in [0.1, 0.15) is 0 Å². The van der Waals surface area contributed by atoms with Crippen LogP contribution in [-0.2, 0) is 10.0 Å². The van der Waals surface area contributed by atoms with Crippen molar-refractivity contribution in [1.29, 1.82) is 0 Å². The van der Waals surface area contributed by atoms with E-state index in [0.717, 1.165) is 5.56 Å². The van der Waals surface area contributed by atoms with Gasteiger partial charge in [-0.05, 0) is 37.2 Å². The Labute approximate surface area is 158 Å². The molecule has 0 bridgehead atoms. The summed E-state index contributed by atoms with van der Waals surface area (Å²) >= 11 is 3.07. The van der Waals surface area contributed by atoms with Crippen LogP contribution in [0, 0.1) is 6.92 Å². The van der Waals surface area contributed by atoms with Gasteiger partial charge in [-0.3, -0.25) is 0 Å². The molecular formula is C19H14BrNO2S. The van der Waals surface area contributed by atoms with E-state index in [1.165, 1.54) is 12.1 Å². The Kier molecular flexibility index (Phi) is 2.14. The first kappa shape index (κ1) is 9.39. The van der Waals surface area contributed by atoms with E-state index < -0.39 is 46.3 Å². The van der Waals surface area contributed by atoms with E-state index in [1.807, 2.05) is 0 Å². The molecule has 4 aromatic rings. The summed E-state index contributed by atoms with van der Waals surface area (Å²) in [6.07, 6.45) is 0. The molecule has 0 amide bonds. The summed E-state index contributed by atoms with van der Waals surface area (Å²) < 4.78 is 85.6. The number of hydrogen-bond acceptors (Lipinski definition) is 2. The molecular weight excluding hydrogens is 386 g/mol. The Morgan fingerprint density at radius 1 is 0.958 bits per heavy atom. The first-order chi connectivity index (χ1) is 14.4. The normalized spacial score (nSPS) is 16.2. The van der Waals surface area contributed by atoms with Gasteiger partial charge < -0.3 is 0 Å². The smallest absolute Gasteiger partial charge is 0.233 e. The van der Waals surface area contributed by atoms with E-state index in [2.05, 4.69) is 15.9 Å². The average molecular weight is 407 g/mol. The van der Waals surface area contributed by atoms with Crippen molar-refractivity contribution in [1.82, 2.24) is 3.97 Å². The quantitative estimate of drug-likeness (QED) is 0.464. The Morgan fingerprint density at radius 3 is 2.38 bits per heavy atom. The highest BCUT2D eigenvalue weighted by Gasteiger charge is 2.23. The molecule has 0 aliphatic rings. The minimum Gasteiger partial charge on any atom is -0.233 e. The molecule has 0 saturated heterocycles. The minimum absolute atomic E-state index is 0.108. The molecule has 0 atom stereocenters. The first-order valence-corrected chi connectivity index (χ1v) is 9.16. The summed E-state index contributed by atoms with van der Waals surface area (Å²) in [5, 5.41) is -0.396. The number of hydrogen-bond donors (Lipinski definition) is 0.